The third kappa shape index (κ3) is 3.19. The minimum atomic E-state index is -0.467. The quantitative estimate of drug-likeness (QED) is 0.648. The van der Waals surface area contributed by atoms with E-state index in [0.29, 0.717) is 17.8 Å². The normalized spacial score (nSPS) is 31.2. The Labute approximate surface area is 165 Å². The second-order valence-electron chi connectivity index (χ2n) is 8.01. The van der Waals surface area contributed by atoms with E-state index >= 15 is 0 Å². The van der Waals surface area contributed by atoms with Gasteiger partial charge in [0.15, 0.2) is 0 Å². The molecule has 1 N–H and O–H groups in total. The van der Waals surface area contributed by atoms with Gasteiger partial charge in [-0.3, -0.25) is 4.79 Å². The fourth-order valence-corrected chi connectivity index (χ4v) is 4.91. The number of rotatable bonds is 4. The summed E-state index contributed by atoms with van der Waals surface area (Å²) in [7, 11) is 1.64. The summed E-state index contributed by atoms with van der Waals surface area (Å²) in [6, 6.07) is 16.6. The summed E-state index contributed by atoms with van der Waals surface area (Å²) < 4.78 is 17.7. The molecule has 5 rings (SSSR count). The molecule has 0 radical (unpaired) electrons. The van der Waals surface area contributed by atoms with Crippen LogP contribution in [0.25, 0.3) is 0 Å². The molecule has 4 atom stereocenters. The van der Waals surface area contributed by atoms with E-state index in [2.05, 4.69) is 5.32 Å². The van der Waals surface area contributed by atoms with Crippen LogP contribution in [0.5, 0.6) is 11.5 Å². The SMILES string of the molecule is COC1c2ccc(OC3CC4CCC(C3)N4)cc2OC(=O)C1c1ccccc1. The molecule has 3 aliphatic rings. The van der Waals surface area contributed by atoms with Gasteiger partial charge in [0.1, 0.15) is 29.6 Å². The van der Waals surface area contributed by atoms with Crippen molar-refractivity contribution in [2.45, 2.75) is 55.9 Å². The average Bonchev–Trinajstić information content (AvgIpc) is 3.05. The van der Waals surface area contributed by atoms with Crippen LogP contribution in [0, 0.1) is 0 Å². The number of hydrogen-bond donors (Lipinski definition) is 1. The van der Waals surface area contributed by atoms with Crippen LogP contribution in [0.2, 0.25) is 0 Å². The summed E-state index contributed by atoms with van der Waals surface area (Å²) in [6.07, 6.45) is 4.38. The van der Waals surface area contributed by atoms with Gasteiger partial charge in [0.25, 0.3) is 0 Å². The smallest absolute Gasteiger partial charge is 0.321 e. The lowest BCUT2D eigenvalue weighted by Gasteiger charge is -2.32. The molecule has 3 aliphatic heterocycles. The van der Waals surface area contributed by atoms with E-state index in [1.165, 1.54) is 12.8 Å². The van der Waals surface area contributed by atoms with Crippen LogP contribution >= 0.6 is 0 Å². The van der Waals surface area contributed by atoms with Gasteiger partial charge in [-0.05, 0) is 43.4 Å². The predicted molar refractivity (Wildman–Crippen MR) is 105 cm³/mol. The molecule has 0 aliphatic carbocycles. The van der Waals surface area contributed by atoms with Crippen molar-refractivity contribution in [3.05, 3.63) is 59.7 Å². The van der Waals surface area contributed by atoms with Crippen molar-refractivity contribution in [3.63, 3.8) is 0 Å². The Morgan fingerprint density at radius 3 is 2.50 bits per heavy atom. The molecule has 5 heteroatoms. The van der Waals surface area contributed by atoms with Crippen molar-refractivity contribution in [1.29, 1.82) is 0 Å². The van der Waals surface area contributed by atoms with Crippen molar-refractivity contribution in [1.82, 2.24) is 5.32 Å². The van der Waals surface area contributed by atoms with Crippen LogP contribution in [0.1, 0.15) is 48.8 Å². The first-order valence-corrected chi connectivity index (χ1v) is 10.1. The molecule has 2 aromatic carbocycles. The number of esters is 1. The molecule has 3 heterocycles. The van der Waals surface area contributed by atoms with Gasteiger partial charge in [-0.25, -0.2) is 0 Å². The van der Waals surface area contributed by atoms with Crippen LogP contribution in [0.15, 0.2) is 48.5 Å². The average molecular weight is 379 g/mol. The van der Waals surface area contributed by atoms with Crippen molar-refractivity contribution in [2.75, 3.05) is 7.11 Å². The number of methoxy groups -OCH3 is 1. The number of hydrogen-bond acceptors (Lipinski definition) is 5. The third-order valence-corrected chi connectivity index (χ3v) is 6.20. The van der Waals surface area contributed by atoms with E-state index in [1.54, 1.807) is 7.11 Å². The molecule has 2 fully saturated rings. The van der Waals surface area contributed by atoms with Gasteiger partial charge in [-0.15, -0.1) is 0 Å². The topological polar surface area (TPSA) is 56.8 Å². The minimum absolute atomic E-state index is 0.214. The molecule has 0 amide bonds. The summed E-state index contributed by atoms with van der Waals surface area (Å²) in [4.78, 5) is 12.8. The van der Waals surface area contributed by atoms with Crippen LogP contribution < -0.4 is 14.8 Å². The maximum absolute atomic E-state index is 12.8. The Morgan fingerprint density at radius 1 is 1.04 bits per heavy atom. The molecule has 28 heavy (non-hydrogen) atoms. The first-order valence-electron chi connectivity index (χ1n) is 10.1. The van der Waals surface area contributed by atoms with Crippen LogP contribution in [0.4, 0.5) is 0 Å². The molecular formula is C23H25NO4. The monoisotopic (exact) mass is 379 g/mol. The highest BCUT2D eigenvalue weighted by molar-refractivity contribution is 5.84. The minimum Gasteiger partial charge on any atom is -0.490 e. The van der Waals surface area contributed by atoms with E-state index in [0.717, 1.165) is 29.7 Å². The van der Waals surface area contributed by atoms with Gasteiger partial charge >= 0.3 is 5.97 Å². The van der Waals surface area contributed by atoms with Gasteiger partial charge in [0.05, 0.1) is 0 Å². The Bertz CT molecular complexity index is 856. The summed E-state index contributed by atoms with van der Waals surface area (Å²) in [5.74, 6) is 0.539. The first kappa shape index (κ1) is 17.7. The fourth-order valence-electron chi connectivity index (χ4n) is 4.91. The van der Waals surface area contributed by atoms with E-state index < -0.39 is 5.92 Å². The van der Waals surface area contributed by atoms with Crippen LogP contribution in [0.3, 0.4) is 0 Å². The molecule has 146 valence electrons. The highest BCUT2D eigenvalue weighted by Gasteiger charge is 2.40. The Kier molecular flexibility index (Phi) is 4.57. The number of fused-ring (bicyclic) bond motifs is 3. The lowest BCUT2D eigenvalue weighted by molar-refractivity contribution is -0.142. The van der Waals surface area contributed by atoms with Crippen molar-refractivity contribution < 1.29 is 19.0 Å². The third-order valence-electron chi connectivity index (χ3n) is 6.20. The number of carbonyl (C=O) groups excluding carboxylic acids is 1. The molecule has 2 saturated heterocycles. The van der Waals surface area contributed by atoms with E-state index in [9.17, 15) is 4.79 Å². The van der Waals surface area contributed by atoms with E-state index in [-0.39, 0.29) is 18.2 Å². The molecular weight excluding hydrogens is 354 g/mol. The lowest BCUT2D eigenvalue weighted by Crippen LogP contribution is -2.42. The predicted octanol–water partition coefficient (Wildman–Crippen LogP) is 3.74. The fraction of sp³-hybridized carbons (Fsp3) is 0.435. The zero-order valence-electron chi connectivity index (χ0n) is 16.0. The van der Waals surface area contributed by atoms with Gasteiger partial charge in [0.2, 0.25) is 0 Å². The Hall–Kier alpha value is -2.37. The summed E-state index contributed by atoms with van der Waals surface area (Å²) in [5.41, 5.74) is 1.78. The molecule has 0 saturated carbocycles. The van der Waals surface area contributed by atoms with Crippen molar-refractivity contribution in [3.8, 4) is 11.5 Å². The number of carbonyl (C=O) groups is 1. The standard InChI is InChI=1S/C23H25NO4/c1-26-22-19-10-9-17(27-18-11-15-7-8-16(12-18)24-15)13-20(19)28-23(25)21(22)14-5-3-2-4-6-14/h2-6,9-10,13,15-16,18,21-22,24H,7-8,11-12H2,1H3. The van der Waals surface area contributed by atoms with Crippen molar-refractivity contribution in [2.24, 2.45) is 0 Å². The zero-order valence-corrected chi connectivity index (χ0v) is 16.0. The Balaban J connectivity index is 1.39. The maximum atomic E-state index is 12.8. The number of piperidine rings is 1. The van der Waals surface area contributed by atoms with Gasteiger partial charge in [-0.1, -0.05) is 30.3 Å². The molecule has 4 unspecified atom stereocenters. The maximum Gasteiger partial charge on any atom is 0.321 e. The second-order valence-corrected chi connectivity index (χ2v) is 8.01. The van der Waals surface area contributed by atoms with Crippen LogP contribution in [-0.4, -0.2) is 31.3 Å². The highest BCUT2D eigenvalue weighted by Crippen LogP contribution is 2.44. The Morgan fingerprint density at radius 2 is 1.79 bits per heavy atom. The van der Waals surface area contributed by atoms with Gasteiger partial charge < -0.3 is 19.5 Å². The highest BCUT2D eigenvalue weighted by atomic mass is 16.5. The van der Waals surface area contributed by atoms with Gasteiger partial charge in [-0.2, -0.15) is 0 Å². The van der Waals surface area contributed by atoms with Gasteiger partial charge in [0, 0.05) is 30.8 Å². The summed E-state index contributed by atoms with van der Waals surface area (Å²) in [6.45, 7) is 0. The van der Waals surface area contributed by atoms with Crippen molar-refractivity contribution >= 4 is 5.97 Å². The van der Waals surface area contributed by atoms with E-state index in [1.807, 2.05) is 48.5 Å². The van der Waals surface area contributed by atoms with Crippen LogP contribution in [-0.2, 0) is 9.53 Å². The zero-order chi connectivity index (χ0) is 19.1. The molecule has 2 aromatic rings. The lowest BCUT2D eigenvalue weighted by atomic mass is 9.86. The second kappa shape index (κ2) is 7.22. The van der Waals surface area contributed by atoms with E-state index in [4.69, 9.17) is 14.2 Å². The number of nitrogens with one attached hydrogen (secondary N) is 1. The molecule has 0 aromatic heterocycles. The largest absolute Gasteiger partial charge is 0.490 e. The first-order chi connectivity index (χ1) is 13.7. The molecule has 5 nitrogen and oxygen atoms in total. The summed E-state index contributed by atoms with van der Waals surface area (Å²) >= 11 is 0. The number of ether oxygens (including phenoxy) is 3. The number of benzene rings is 2. The summed E-state index contributed by atoms with van der Waals surface area (Å²) in [5, 5.41) is 3.63. The molecule has 0 spiro atoms. The molecule has 2 bridgehead atoms.